The van der Waals surface area contributed by atoms with Crippen LogP contribution in [-0.2, 0) is 13.2 Å². The highest BCUT2D eigenvalue weighted by atomic mass is 32.1. The second-order valence-corrected chi connectivity index (χ2v) is 7.64. The maximum atomic E-state index is 12.3. The molecule has 0 aliphatic carbocycles. The minimum atomic E-state index is -0.137. The SMILES string of the molecule is CCN(Cc1nc2ccccc2c(=O)[nH]1)Cn1nc(-c2ccc(C)c(C)c2)oc1=S. The summed E-state index contributed by atoms with van der Waals surface area (Å²) >= 11 is 5.38. The van der Waals surface area contributed by atoms with Gasteiger partial charge < -0.3 is 9.40 Å². The van der Waals surface area contributed by atoms with Crippen molar-refractivity contribution in [2.24, 2.45) is 0 Å². The van der Waals surface area contributed by atoms with E-state index in [1.807, 2.05) is 43.3 Å². The zero-order chi connectivity index (χ0) is 21.3. The Labute approximate surface area is 179 Å². The number of nitrogens with zero attached hydrogens (tertiary/aromatic N) is 4. The van der Waals surface area contributed by atoms with Crippen molar-refractivity contribution in [2.45, 2.75) is 34.0 Å². The molecule has 8 heteroatoms. The molecule has 0 radical (unpaired) electrons. The number of aromatic nitrogens is 4. The van der Waals surface area contributed by atoms with Gasteiger partial charge in [0.05, 0.1) is 24.1 Å². The Morgan fingerprint density at radius 2 is 1.97 bits per heavy atom. The maximum Gasteiger partial charge on any atom is 0.288 e. The van der Waals surface area contributed by atoms with Gasteiger partial charge in [0.1, 0.15) is 5.82 Å². The van der Waals surface area contributed by atoms with Crippen molar-refractivity contribution in [1.82, 2.24) is 24.6 Å². The van der Waals surface area contributed by atoms with Crippen LogP contribution in [0.15, 0.2) is 51.7 Å². The van der Waals surface area contributed by atoms with E-state index in [2.05, 4.69) is 33.8 Å². The summed E-state index contributed by atoms with van der Waals surface area (Å²) in [5.41, 5.74) is 3.83. The molecule has 2 heterocycles. The molecule has 7 nitrogen and oxygen atoms in total. The van der Waals surface area contributed by atoms with E-state index in [9.17, 15) is 4.79 Å². The zero-order valence-electron chi connectivity index (χ0n) is 17.2. The average molecular weight is 422 g/mol. The van der Waals surface area contributed by atoms with Crippen LogP contribution in [0.2, 0.25) is 0 Å². The van der Waals surface area contributed by atoms with Gasteiger partial charge in [-0.3, -0.25) is 9.69 Å². The maximum absolute atomic E-state index is 12.3. The quantitative estimate of drug-likeness (QED) is 0.470. The molecule has 0 bridgehead atoms. The summed E-state index contributed by atoms with van der Waals surface area (Å²) in [7, 11) is 0. The predicted octanol–water partition coefficient (Wildman–Crippen LogP) is 4.21. The second-order valence-electron chi connectivity index (χ2n) is 7.29. The second kappa shape index (κ2) is 8.33. The monoisotopic (exact) mass is 421 g/mol. The van der Waals surface area contributed by atoms with Gasteiger partial charge in [-0.25, -0.2) is 9.67 Å². The van der Waals surface area contributed by atoms with Crippen molar-refractivity contribution >= 4 is 23.1 Å². The van der Waals surface area contributed by atoms with Gasteiger partial charge in [0.2, 0.25) is 5.89 Å². The molecule has 4 rings (SSSR count). The molecule has 0 fully saturated rings. The summed E-state index contributed by atoms with van der Waals surface area (Å²) in [6.07, 6.45) is 0. The number of hydrogen-bond donors (Lipinski definition) is 1. The van der Waals surface area contributed by atoms with Crippen molar-refractivity contribution in [1.29, 1.82) is 0 Å². The first kappa shape index (κ1) is 20.2. The van der Waals surface area contributed by atoms with Crippen LogP contribution in [0.1, 0.15) is 23.9 Å². The highest BCUT2D eigenvalue weighted by molar-refractivity contribution is 7.71. The van der Waals surface area contributed by atoms with E-state index in [1.165, 1.54) is 11.1 Å². The number of para-hydroxylation sites is 1. The Morgan fingerprint density at radius 1 is 1.17 bits per heavy atom. The van der Waals surface area contributed by atoms with Crippen LogP contribution in [0.3, 0.4) is 0 Å². The van der Waals surface area contributed by atoms with Gasteiger partial charge in [0, 0.05) is 5.56 Å². The molecule has 0 amide bonds. The van der Waals surface area contributed by atoms with E-state index in [4.69, 9.17) is 16.6 Å². The van der Waals surface area contributed by atoms with Crippen LogP contribution in [0.5, 0.6) is 0 Å². The van der Waals surface area contributed by atoms with Crippen LogP contribution in [0.4, 0.5) is 0 Å². The van der Waals surface area contributed by atoms with Crippen molar-refractivity contribution in [3.63, 3.8) is 0 Å². The van der Waals surface area contributed by atoms with Gasteiger partial charge >= 0.3 is 0 Å². The molecule has 2 aromatic carbocycles. The molecule has 0 aliphatic heterocycles. The lowest BCUT2D eigenvalue weighted by Gasteiger charge is -2.19. The van der Waals surface area contributed by atoms with Gasteiger partial charge in [-0.15, -0.1) is 5.10 Å². The first-order valence-corrected chi connectivity index (χ1v) is 10.2. The number of benzene rings is 2. The minimum absolute atomic E-state index is 0.137. The van der Waals surface area contributed by atoms with E-state index < -0.39 is 0 Å². The fourth-order valence-electron chi connectivity index (χ4n) is 3.26. The predicted molar refractivity (Wildman–Crippen MR) is 119 cm³/mol. The number of nitrogens with one attached hydrogen (secondary N) is 1. The minimum Gasteiger partial charge on any atom is -0.409 e. The molecule has 0 saturated heterocycles. The molecule has 0 unspecified atom stereocenters. The zero-order valence-corrected chi connectivity index (χ0v) is 18.0. The molecule has 0 aliphatic rings. The first-order valence-electron chi connectivity index (χ1n) is 9.80. The Balaban J connectivity index is 1.57. The third-order valence-electron chi connectivity index (χ3n) is 5.18. The molecule has 154 valence electrons. The molecule has 0 spiro atoms. The van der Waals surface area contributed by atoms with Crippen molar-refractivity contribution < 1.29 is 4.42 Å². The number of fused-ring (bicyclic) bond motifs is 1. The fraction of sp³-hybridized carbons (Fsp3) is 0.273. The van der Waals surface area contributed by atoms with Gasteiger partial charge in [-0.2, -0.15) is 0 Å². The molecular formula is C22H23N5O2S. The van der Waals surface area contributed by atoms with E-state index in [-0.39, 0.29) is 5.56 Å². The molecule has 2 aromatic heterocycles. The largest absolute Gasteiger partial charge is 0.409 e. The van der Waals surface area contributed by atoms with Gasteiger partial charge in [0.25, 0.3) is 10.4 Å². The van der Waals surface area contributed by atoms with Crippen molar-refractivity contribution in [3.8, 4) is 11.5 Å². The highest BCUT2D eigenvalue weighted by Crippen LogP contribution is 2.21. The summed E-state index contributed by atoms with van der Waals surface area (Å²) < 4.78 is 7.39. The molecule has 0 atom stereocenters. The third kappa shape index (κ3) is 4.10. The summed E-state index contributed by atoms with van der Waals surface area (Å²) in [5, 5.41) is 5.14. The number of aryl methyl sites for hydroxylation is 2. The van der Waals surface area contributed by atoms with E-state index >= 15 is 0 Å². The Bertz CT molecular complexity index is 1320. The molecule has 1 N–H and O–H groups in total. The first-order chi connectivity index (χ1) is 14.4. The molecule has 4 aromatic rings. The number of H-pyrrole nitrogens is 1. The highest BCUT2D eigenvalue weighted by Gasteiger charge is 2.13. The van der Waals surface area contributed by atoms with Gasteiger partial charge in [-0.1, -0.05) is 25.1 Å². The lowest BCUT2D eigenvalue weighted by molar-refractivity contribution is 0.200. The van der Waals surface area contributed by atoms with E-state index in [0.717, 1.165) is 12.1 Å². The standard InChI is InChI=1S/C22H23N5O2S/c1-4-26(12-19-23-18-8-6-5-7-17(18)20(28)24-19)13-27-22(30)29-21(25-27)16-10-9-14(2)15(3)11-16/h5-11H,4,12-13H2,1-3H3,(H,23,24,28). The average Bonchev–Trinajstić information content (AvgIpc) is 3.10. The molecular weight excluding hydrogens is 398 g/mol. The third-order valence-corrected chi connectivity index (χ3v) is 5.47. The van der Waals surface area contributed by atoms with Crippen LogP contribution in [-0.4, -0.2) is 31.2 Å². The topological polar surface area (TPSA) is 80.0 Å². The Hall–Kier alpha value is -3.10. The summed E-state index contributed by atoms with van der Waals surface area (Å²) in [5.74, 6) is 1.10. The molecule has 0 saturated carbocycles. The molecule has 30 heavy (non-hydrogen) atoms. The lowest BCUT2D eigenvalue weighted by Crippen LogP contribution is -2.28. The van der Waals surface area contributed by atoms with Crippen LogP contribution < -0.4 is 5.56 Å². The van der Waals surface area contributed by atoms with Crippen LogP contribution in [0.25, 0.3) is 22.4 Å². The lowest BCUT2D eigenvalue weighted by atomic mass is 10.1. The summed E-state index contributed by atoms with van der Waals surface area (Å²) in [6.45, 7) is 7.78. The van der Waals surface area contributed by atoms with Crippen molar-refractivity contribution in [2.75, 3.05) is 6.54 Å². The Kier molecular flexibility index (Phi) is 5.61. The van der Waals surface area contributed by atoms with Gasteiger partial charge in [-0.05, 0) is 68.0 Å². The van der Waals surface area contributed by atoms with Gasteiger partial charge in [0.15, 0.2) is 0 Å². The van der Waals surface area contributed by atoms with Crippen LogP contribution >= 0.6 is 12.2 Å². The Morgan fingerprint density at radius 3 is 2.73 bits per heavy atom. The summed E-state index contributed by atoms with van der Waals surface area (Å²) in [4.78, 5) is 22.2. The van der Waals surface area contributed by atoms with Crippen LogP contribution in [0, 0.1) is 18.7 Å². The van der Waals surface area contributed by atoms with E-state index in [1.54, 1.807) is 10.7 Å². The normalized spacial score (nSPS) is 11.5. The smallest absolute Gasteiger partial charge is 0.288 e. The van der Waals surface area contributed by atoms with E-state index in [0.29, 0.717) is 40.7 Å². The number of hydrogen-bond acceptors (Lipinski definition) is 6. The summed E-state index contributed by atoms with van der Waals surface area (Å²) in [6, 6.07) is 13.4. The van der Waals surface area contributed by atoms with Crippen molar-refractivity contribution in [3.05, 3.63) is 74.6 Å². The number of rotatable bonds is 6. The number of aromatic amines is 1. The fourth-order valence-corrected chi connectivity index (χ4v) is 3.44.